The van der Waals surface area contributed by atoms with Crippen molar-refractivity contribution >= 4 is 0 Å². The largest absolute Gasteiger partial charge is 0.474 e. The van der Waals surface area contributed by atoms with E-state index in [2.05, 4.69) is 30.7 Å². The summed E-state index contributed by atoms with van der Waals surface area (Å²) in [7, 11) is 0. The Balaban J connectivity index is 2.72. The molecule has 1 unspecified atom stereocenters. The molecule has 96 valence electrons. The predicted octanol–water partition coefficient (Wildman–Crippen LogP) is 2.18. The molecule has 0 spiro atoms. The van der Waals surface area contributed by atoms with Gasteiger partial charge in [0.05, 0.1) is 18.0 Å². The highest BCUT2D eigenvalue weighted by atomic mass is 16.5. The van der Waals surface area contributed by atoms with Crippen LogP contribution in [-0.2, 0) is 6.42 Å². The molecule has 1 aromatic heterocycles. The van der Waals surface area contributed by atoms with Crippen LogP contribution in [0, 0.1) is 5.41 Å². The maximum atomic E-state index is 6.13. The van der Waals surface area contributed by atoms with Crippen LogP contribution in [0.25, 0.3) is 0 Å². The molecule has 0 saturated carbocycles. The van der Waals surface area contributed by atoms with E-state index in [0.717, 1.165) is 5.69 Å². The molecule has 0 aliphatic heterocycles. The van der Waals surface area contributed by atoms with Gasteiger partial charge in [-0.2, -0.15) is 0 Å². The normalized spacial score (nSPS) is 13.8. The molecule has 1 rings (SSSR count). The van der Waals surface area contributed by atoms with E-state index in [1.807, 2.05) is 13.8 Å². The van der Waals surface area contributed by atoms with Crippen LogP contribution in [0.15, 0.2) is 12.4 Å². The molecule has 1 atom stereocenters. The fraction of sp³-hybridized carbons (Fsp3) is 0.692. The Hall–Kier alpha value is -1.16. The first kappa shape index (κ1) is 13.9. The van der Waals surface area contributed by atoms with Crippen molar-refractivity contribution in [2.75, 3.05) is 0 Å². The first-order valence-corrected chi connectivity index (χ1v) is 6.02. The molecule has 1 heterocycles. The molecule has 4 nitrogen and oxygen atoms in total. The first-order valence-electron chi connectivity index (χ1n) is 6.02. The van der Waals surface area contributed by atoms with E-state index in [1.165, 1.54) is 0 Å². The van der Waals surface area contributed by atoms with E-state index in [0.29, 0.717) is 12.3 Å². The van der Waals surface area contributed by atoms with Gasteiger partial charge in [-0.3, -0.25) is 4.98 Å². The first-order chi connectivity index (χ1) is 7.79. The number of hydrogen-bond acceptors (Lipinski definition) is 4. The number of aromatic nitrogens is 2. The van der Waals surface area contributed by atoms with Crippen molar-refractivity contribution in [1.29, 1.82) is 0 Å². The summed E-state index contributed by atoms with van der Waals surface area (Å²) in [6.45, 7) is 10.3. The fourth-order valence-electron chi connectivity index (χ4n) is 1.31. The van der Waals surface area contributed by atoms with Gasteiger partial charge in [0.15, 0.2) is 0 Å². The zero-order valence-corrected chi connectivity index (χ0v) is 11.4. The Labute approximate surface area is 104 Å². The van der Waals surface area contributed by atoms with Crippen molar-refractivity contribution in [3.8, 4) is 5.88 Å². The van der Waals surface area contributed by atoms with Gasteiger partial charge < -0.3 is 10.5 Å². The van der Waals surface area contributed by atoms with Gasteiger partial charge in [0.2, 0.25) is 5.88 Å². The predicted molar refractivity (Wildman–Crippen MR) is 68.9 cm³/mol. The van der Waals surface area contributed by atoms with Crippen molar-refractivity contribution in [1.82, 2.24) is 9.97 Å². The van der Waals surface area contributed by atoms with E-state index < -0.39 is 0 Å². The second-order valence-corrected chi connectivity index (χ2v) is 5.69. The Kier molecular flexibility index (Phi) is 4.46. The molecule has 4 heteroatoms. The highest BCUT2D eigenvalue weighted by molar-refractivity contribution is 5.10. The Morgan fingerprint density at radius 2 is 1.94 bits per heavy atom. The van der Waals surface area contributed by atoms with Crippen molar-refractivity contribution in [2.24, 2.45) is 11.1 Å². The summed E-state index contributed by atoms with van der Waals surface area (Å²) in [5.74, 6) is 0.568. The molecule has 0 amide bonds. The average Bonchev–Trinajstić information content (AvgIpc) is 2.15. The zero-order valence-electron chi connectivity index (χ0n) is 11.4. The maximum Gasteiger partial charge on any atom is 0.232 e. The summed E-state index contributed by atoms with van der Waals surface area (Å²) in [6, 6.07) is 0.0612. The molecular weight excluding hydrogens is 214 g/mol. The van der Waals surface area contributed by atoms with Crippen LogP contribution in [-0.4, -0.2) is 22.1 Å². The Morgan fingerprint density at radius 3 is 2.47 bits per heavy atom. The lowest BCUT2D eigenvalue weighted by atomic mass is 9.85. The minimum absolute atomic E-state index is 0.0612. The summed E-state index contributed by atoms with van der Waals surface area (Å²) < 4.78 is 5.51. The van der Waals surface area contributed by atoms with E-state index in [9.17, 15) is 0 Å². The second-order valence-electron chi connectivity index (χ2n) is 5.69. The van der Waals surface area contributed by atoms with Gasteiger partial charge in [-0.1, -0.05) is 20.8 Å². The Morgan fingerprint density at radius 1 is 1.29 bits per heavy atom. The van der Waals surface area contributed by atoms with E-state index in [-0.39, 0.29) is 17.6 Å². The van der Waals surface area contributed by atoms with Crippen LogP contribution in [0.2, 0.25) is 0 Å². The number of hydrogen-bond donors (Lipinski definition) is 1. The zero-order chi connectivity index (χ0) is 13.1. The van der Waals surface area contributed by atoms with E-state index in [1.54, 1.807) is 12.4 Å². The number of ether oxygens (including phenoxy) is 1. The molecule has 0 aromatic carbocycles. The van der Waals surface area contributed by atoms with E-state index in [4.69, 9.17) is 10.5 Å². The summed E-state index contributed by atoms with van der Waals surface area (Å²) in [4.78, 5) is 8.53. The van der Waals surface area contributed by atoms with Crippen molar-refractivity contribution in [3.63, 3.8) is 0 Å². The van der Waals surface area contributed by atoms with Gasteiger partial charge in [-0.15, -0.1) is 0 Å². The van der Waals surface area contributed by atoms with Gasteiger partial charge in [0, 0.05) is 18.7 Å². The summed E-state index contributed by atoms with van der Waals surface area (Å²) in [6.07, 6.45) is 4.20. The lowest BCUT2D eigenvalue weighted by Crippen LogP contribution is -2.37. The second kappa shape index (κ2) is 5.45. The van der Waals surface area contributed by atoms with Gasteiger partial charge >= 0.3 is 0 Å². The van der Waals surface area contributed by atoms with Crippen LogP contribution in [0.5, 0.6) is 5.88 Å². The monoisotopic (exact) mass is 237 g/mol. The smallest absolute Gasteiger partial charge is 0.232 e. The third-order valence-corrected chi connectivity index (χ3v) is 2.56. The van der Waals surface area contributed by atoms with Crippen molar-refractivity contribution < 1.29 is 4.74 Å². The van der Waals surface area contributed by atoms with Crippen molar-refractivity contribution in [2.45, 2.75) is 53.2 Å². The molecular formula is C13H23N3O. The van der Waals surface area contributed by atoms with Crippen LogP contribution in [0.1, 0.15) is 40.3 Å². The lowest BCUT2D eigenvalue weighted by molar-refractivity contribution is 0.230. The molecule has 17 heavy (non-hydrogen) atoms. The Bertz CT molecular complexity index is 358. The van der Waals surface area contributed by atoms with Gasteiger partial charge in [-0.25, -0.2) is 4.98 Å². The van der Waals surface area contributed by atoms with Crippen LogP contribution >= 0.6 is 0 Å². The molecule has 0 saturated heterocycles. The summed E-state index contributed by atoms with van der Waals surface area (Å²) in [5.41, 5.74) is 7.07. The minimum Gasteiger partial charge on any atom is -0.474 e. The van der Waals surface area contributed by atoms with Crippen LogP contribution < -0.4 is 10.5 Å². The quantitative estimate of drug-likeness (QED) is 0.872. The van der Waals surface area contributed by atoms with Gasteiger partial charge in [0.25, 0.3) is 0 Å². The third kappa shape index (κ3) is 4.69. The van der Waals surface area contributed by atoms with Gasteiger partial charge in [0.1, 0.15) is 0 Å². The molecule has 0 fully saturated rings. The minimum atomic E-state index is 0.0612. The molecule has 0 bridgehead atoms. The third-order valence-electron chi connectivity index (χ3n) is 2.56. The average molecular weight is 237 g/mol. The van der Waals surface area contributed by atoms with Crippen LogP contribution in [0.3, 0.4) is 0 Å². The fourth-order valence-corrected chi connectivity index (χ4v) is 1.31. The van der Waals surface area contributed by atoms with Crippen molar-refractivity contribution in [3.05, 3.63) is 18.1 Å². The topological polar surface area (TPSA) is 61.0 Å². The summed E-state index contributed by atoms with van der Waals surface area (Å²) in [5, 5.41) is 0. The molecule has 0 aliphatic carbocycles. The lowest BCUT2D eigenvalue weighted by Gasteiger charge is -2.26. The standard InChI is InChI=1S/C13H23N3O/c1-9(2)17-12-8-15-7-10(16-12)6-11(14)13(3,4)5/h7-9,11H,6,14H2,1-5H3. The van der Waals surface area contributed by atoms with E-state index >= 15 is 0 Å². The summed E-state index contributed by atoms with van der Waals surface area (Å²) >= 11 is 0. The molecule has 2 N–H and O–H groups in total. The maximum absolute atomic E-state index is 6.13. The number of rotatable bonds is 4. The highest BCUT2D eigenvalue weighted by Gasteiger charge is 2.21. The van der Waals surface area contributed by atoms with Crippen LogP contribution in [0.4, 0.5) is 0 Å². The number of nitrogens with two attached hydrogens (primary N) is 1. The molecule has 0 radical (unpaired) electrons. The van der Waals surface area contributed by atoms with Gasteiger partial charge in [-0.05, 0) is 19.3 Å². The molecule has 1 aromatic rings. The highest BCUT2D eigenvalue weighted by Crippen LogP contribution is 2.20. The number of nitrogens with zero attached hydrogens (tertiary/aromatic N) is 2. The molecule has 0 aliphatic rings. The SMILES string of the molecule is CC(C)Oc1cncc(CC(N)C(C)(C)C)n1.